The lowest BCUT2D eigenvalue weighted by atomic mass is 10.4. The highest BCUT2D eigenvalue weighted by Crippen LogP contribution is 2.24. The average Bonchev–Trinajstić information content (AvgIpc) is 3.09. The lowest BCUT2D eigenvalue weighted by Gasteiger charge is -2.04. The molecule has 0 unspecified atom stereocenters. The molecule has 0 aliphatic carbocycles. The molecular weight excluding hydrogens is 264 g/mol. The molecule has 2 aromatic heterocycles. The molecule has 1 fully saturated rings. The van der Waals surface area contributed by atoms with Gasteiger partial charge in [0.25, 0.3) is 0 Å². The Labute approximate surface area is 115 Å². The zero-order chi connectivity index (χ0) is 13.1. The number of nitrogens with one attached hydrogen (secondary N) is 2. The molecule has 1 aliphatic rings. The van der Waals surface area contributed by atoms with Crippen molar-refractivity contribution in [2.45, 2.75) is 26.3 Å². The molecule has 2 N–H and O–H groups in total. The number of aromatic amines is 1. The van der Waals surface area contributed by atoms with Crippen LogP contribution in [0.5, 0.6) is 0 Å². The van der Waals surface area contributed by atoms with Crippen LogP contribution in [-0.4, -0.2) is 28.4 Å². The highest BCUT2D eigenvalue weighted by molar-refractivity contribution is 7.09. The Morgan fingerprint density at radius 3 is 3.00 bits per heavy atom. The lowest BCUT2D eigenvalue weighted by molar-refractivity contribution is -0.0469. The van der Waals surface area contributed by atoms with Gasteiger partial charge in [-0.05, 0) is 13.0 Å². The molecule has 1 aliphatic heterocycles. The molecule has 3 rings (SSSR count). The maximum atomic E-state index is 5.42. The molecule has 102 valence electrons. The van der Waals surface area contributed by atoms with Gasteiger partial charge in [-0.25, -0.2) is 4.98 Å². The summed E-state index contributed by atoms with van der Waals surface area (Å²) in [5.41, 5.74) is 2.95. The van der Waals surface area contributed by atoms with Crippen LogP contribution in [-0.2, 0) is 22.6 Å². The predicted molar refractivity (Wildman–Crippen MR) is 70.6 cm³/mol. The molecule has 6 nitrogen and oxygen atoms in total. The smallest absolute Gasteiger partial charge is 0.202 e. The summed E-state index contributed by atoms with van der Waals surface area (Å²) in [6.45, 7) is 4.74. The Morgan fingerprint density at radius 1 is 1.42 bits per heavy atom. The number of H-pyrrole nitrogens is 1. The first-order valence-corrected chi connectivity index (χ1v) is 7.08. The van der Waals surface area contributed by atoms with Crippen LogP contribution in [0.25, 0.3) is 0 Å². The van der Waals surface area contributed by atoms with Crippen molar-refractivity contribution in [3.05, 3.63) is 33.5 Å². The van der Waals surface area contributed by atoms with Crippen molar-refractivity contribution in [1.29, 1.82) is 0 Å². The molecule has 7 heteroatoms. The van der Waals surface area contributed by atoms with Crippen molar-refractivity contribution in [3.63, 3.8) is 0 Å². The Morgan fingerprint density at radius 2 is 2.26 bits per heavy atom. The monoisotopic (exact) mass is 280 g/mol. The van der Waals surface area contributed by atoms with Crippen LogP contribution in [0.2, 0.25) is 0 Å². The van der Waals surface area contributed by atoms with Crippen molar-refractivity contribution in [3.8, 4) is 0 Å². The molecule has 0 atom stereocenters. The van der Waals surface area contributed by atoms with Crippen LogP contribution < -0.4 is 5.32 Å². The van der Waals surface area contributed by atoms with Crippen molar-refractivity contribution in [1.82, 2.24) is 20.5 Å². The summed E-state index contributed by atoms with van der Waals surface area (Å²) >= 11 is 1.61. The number of thiazole rings is 1. The number of ether oxygens (including phenoxy) is 2. The van der Waals surface area contributed by atoms with E-state index in [4.69, 9.17) is 9.47 Å². The van der Waals surface area contributed by atoms with Gasteiger partial charge in [-0.15, -0.1) is 11.3 Å². The molecule has 0 saturated carbocycles. The van der Waals surface area contributed by atoms with Gasteiger partial charge in [0.05, 0.1) is 18.9 Å². The van der Waals surface area contributed by atoms with Gasteiger partial charge < -0.3 is 14.8 Å². The second-order valence-electron chi connectivity index (χ2n) is 4.39. The maximum absolute atomic E-state index is 5.42. The van der Waals surface area contributed by atoms with Gasteiger partial charge in [0.15, 0.2) is 0 Å². The van der Waals surface area contributed by atoms with Crippen LogP contribution in [0, 0.1) is 6.92 Å². The predicted octanol–water partition coefficient (Wildman–Crippen LogP) is 1.51. The van der Waals surface area contributed by atoms with Gasteiger partial charge in [0.2, 0.25) is 6.29 Å². The molecule has 19 heavy (non-hydrogen) atoms. The second-order valence-corrected chi connectivity index (χ2v) is 5.33. The summed E-state index contributed by atoms with van der Waals surface area (Å²) in [4.78, 5) is 4.51. The fraction of sp³-hybridized carbons (Fsp3) is 0.500. The fourth-order valence-corrected chi connectivity index (χ4v) is 2.67. The van der Waals surface area contributed by atoms with E-state index in [1.165, 1.54) is 0 Å². The number of hydrogen-bond acceptors (Lipinski definition) is 6. The standard InChI is InChI=1S/C12H16N4O2S/c1-8-4-9(16-15-8)5-13-6-11-14-10(7-19-11)12-17-2-3-18-12/h4,7,12-13H,2-3,5-6H2,1H3,(H,15,16). The van der Waals surface area contributed by atoms with Crippen LogP contribution >= 0.6 is 11.3 Å². The summed E-state index contributed by atoms with van der Waals surface area (Å²) in [6, 6.07) is 2.03. The molecular formula is C12H16N4O2S. The van der Waals surface area contributed by atoms with E-state index < -0.39 is 0 Å². The second kappa shape index (κ2) is 5.79. The summed E-state index contributed by atoms with van der Waals surface area (Å²) in [6.07, 6.45) is -0.279. The van der Waals surface area contributed by atoms with Crippen LogP contribution in [0.3, 0.4) is 0 Å². The van der Waals surface area contributed by atoms with E-state index in [0.717, 1.165) is 35.2 Å². The normalized spacial score (nSPS) is 16.3. The van der Waals surface area contributed by atoms with Gasteiger partial charge in [-0.2, -0.15) is 5.10 Å². The molecule has 2 aromatic rings. The first kappa shape index (κ1) is 12.7. The van der Waals surface area contributed by atoms with Gasteiger partial charge in [-0.1, -0.05) is 0 Å². The third-order valence-corrected chi connectivity index (χ3v) is 3.64. The van der Waals surface area contributed by atoms with E-state index >= 15 is 0 Å². The highest BCUT2D eigenvalue weighted by atomic mass is 32.1. The van der Waals surface area contributed by atoms with Crippen molar-refractivity contribution in [2.75, 3.05) is 13.2 Å². The van der Waals surface area contributed by atoms with Crippen molar-refractivity contribution < 1.29 is 9.47 Å². The van der Waals surface area contributed by atoms with E-state index in [-0.39, 0.29) is 6.29 Å². The Hall–Kier alpha value is -1.28. The highest BCUT2D eigenvalue weighted by Gasteiger charge is 2.20. The van der Waals surface area contributed by atoms with E-state index in [1.54, 1.807) is 11.3 Å². The zero-order valence-electron chi connectivity index (χ0n) is 10.7. The fourth-order valence-electron chi connectivity index (χ4n) is 1.91. The van der Waals surface area contributed by atoms with E-state index in [0.29, 0.717) is 13.2 Å². The van der Waals surface area contributed by atoms with Gasteiger partial charge in [0.1, 0.15) is 10.7 Å². The van der Waals surface area contributed by atoms with Gasteiger partial charge in [-0.3, -0.25) is 5.10 Å². The van der Waals surface area contributed by atoms with Crippen molar-refractivity contribution >= 4 is 11.3 Å². The minimum Gasteiger partial charge on any atom is -0.345 e. The molecule has 0 bridgehead atoms. The molecule has 0 amide bonds. The molecule has 0 spiro atoms. The third-order valence-electron chi connectivity index (χ3n) is 2.77. The lowest BCUT2D eigenvalue weighted by Crippen LogP contribution is -2.13. The third kappa shape index (κ3) is 3.19. The zero-order valence-corrected chi connectivity index (χ0v) is 11.5. The number of aromatic nitrogens is 3. The Bertz CT molecular complexity index is 533. The largest absolute Gasteiger partial charge is 0.345 e. The quantitative estimate of drug-likeness (QED) is 0.868. The number of rotatable bonds is 5. The minimum atomic E-state index is -0.279. The minimum absolute atomic E-state index is 0.279. The molecule has 1 saturated heterocycles. The van der Waals surface area contributed by atoms with Crippen LogP contribution in [0.1, 0.15) is 28.4 Å². The Kier molecular flexibility index (Phi) is 3.88. The van der Waals surface area contributed by atoms with E-state index in [2.05, 4.69) is 20.5 Å². The van der Waals surface area contributed by atoms with E-state index in [1.807, 2.05) is 18.4 Å². The summed E-state index contributed by atoms with van der Waals surface area (Å²) in [5.74, 6) is 0. The average molecular weight is 280 g/mol. The maximum Gasteiger partial charge on any atom is 0.202 e. The SMILES string of the molecule is Cc1cc(CNCc2nc(C3OCCO3)cs2)n[nH]1. The van der Waals surface area contributed by atoms with Crippen LogP contribution in [0.15, 0.2) is 11.4 Å². The first-order chi connectivity index (χ1) is 9.31. The van der Waals surface area contributed by atoms with Crippen molar-refractivity contribution in [2.24, 2.45) is 0 Å². The molecule has 0 aromatic carbocycles. The Balaban J connectivity index is 1.50. The molecule has 3 heterocycles. The summed E-state index contributed by atoms with van der Waals surface area (Å²) < 4.78 is 10.8. The van der Waals surface area contributed by atoms with Gasteiger partial charge in [0, 0.05) is 24.2 Å². The van der Waals surface area contributed by atoms with E-state index in [9.17, 15) is 0 Å². The topological polar surface area (TPSA) is 72.1 Å². The van der Waals surface area contributed by atoms with Gasteiger partial charge >= 0.3 is 0 Å². The number of aryl methyl sites for hydroxylation is 1. The van der Waals surface area contributed by atoms with Crippen LogP contribution in [0.4, 0.5) is 0 Å². The number of nitrogens with zero attached hydrogens (tertiary/aromatic N) is 2. The first-order valence-electron chi connectivity index (χ1n) is 6.20. The summed E-state index contributed by atoms with van der Waals surface area (Å²) in [7, 11) is 0. The number of hydrogen-bond donors (Lipinski definition) is 2. The molecule has 0 radical (unpaired) electrons. The summed E-state index contributed by atoms with van der Waals surface area (Å²) in [5, 5.41) is 13.4.